The van der Waals surface area contributed by atoms with Crippen molar-refractivity contribution in [2.24, 2.45) is 0 Å². The molecule has 1 unspecified atom stereocenters. The number of nitrogens with zero attached hydrogens (tertiary/aromatic N) is 3. The van der Waals surface area contributed by atoms with Gasteiger partial charge in [-0.05, 0) is 51.5 Å². The molecule has 3 aromatic rings. The van der Waals surface area contributed by atoms with Gasteiger partial charge in [-0.2, -0.15) is 4.98 Å². The smallest absolute Gasteiger partial charge is 0.329 e. The molecule has 0 N–H and O–H groups in total. The highest BCUT2D eigenvalue weighted by atomic mass is 35.5. The number of methoxy groups -OCH3 is 2. The summed E-state index contributed by atoms with van der Waals surface area (Å²) in [4.78, 5) is 30.5. The lowest BCUT2D eigenvalue weighted by atomic mass is 9.99. The van der Waals surface area contributed by atoms with Crippen LogP contribution < -0.4 is 10.3 Å². The molecule has 2 heterocycles. The second-order valence-corrected chi connectivity index (χ2v) is 9.10. The minimum Gasteiger partial charge on any atom is -0.495 e. The van der Waals surface area contributed by atoms with E-state index in [-0.39, 0.29) is 18.9 Å². The van der Waals surface area contributed by atoms with Crippen molar-refractivity contribution in [2.75, 3.05) is 20.8 Å². The van der Waals surface area contributed by atoms with Gasteiger partial charge in [-0.3, -0.25) is 9.36 Å². The molecule has 1 aromatic carbocycles. The van der Waals surface area contributed by atoms with Gasteiger partial charge in [0.2, 0.25) is 0 Å². The predicted molar refractivity (Wildman–Crippen MR) is 127 cm³/mol. The van der Waals surface area contributed by atoms with Crippen LogP contribution in [0.2, 0.25) is 5.02 Å². The van der Waals surface area contributed by atoms with Crippen molar-refractivity contribution in [3.05, 3.63) is 51.7 Å². The molecule has 2 aromatic heterocycles. The van der Waals surface area contributed by atoms with Gasteiger partial charge >= 0.3 is 5.97 Å². The highest BCUT2D eigenvalue weighted by molar-refractivity contribution is 6.31. The van der Waals surface area contributed by atoms with Crippen molar-refractivity contribution in [1.29, 1.82) is 0 Å². The number of rotatable bonds is 8. The summed E-state index contributed by atoms with van der Waals surface area (Å²) in [6.07, 6.45) is 1.74. The van der Waals surface area contributed by atoms with Crippen molar-refractivity contribution >= 4 is 17.6 Å². The van der Waals surface area contributed by atoms with Crippen LogP contribution in [0.5, 0.6) is 5.75 Å². The number of carbonyl (C=O) groups is 1. The molecule has 182 valence electrons. The molecule has 0 aliphatic rings. The van der Waals surface area contributed by atoms with Crippen LogP contribution in [-0.2, 0) is 14.3 Å². The lowest BCUT2D eigenvalue weighted by Crippen LogP contribution is -2.35. The first-order valence-electron chi connectivity index (χ1n) is 10.7. The number of halogens is 1. The Hall–Kier alpha value is -3.17. The van der Waals surface area contributed by atoms with Crippen molar-refractivity contribution in [1.82, 2.24) is 14.7 Å². The van der Waals surface area contributed by atoms with Crippen molar-refractivity contribution in [3.63, 3.8) is 0 Å². The minimum atomic E-state index is -0.896. The second-order valence-electron chi connectivity index (χ2n) is 8.67. The highest BCUT2D eigenvalue weighted by Crippen LogP contribution is 2.38. The van der Waals surface area contributed by atoms with Crippen LogP contribution in [0.25, 0.3) is 22.6 Å². The van der Waals surface area contributed by atoms with E-state index < -0.39 is 23.2 Å². The van der Waals surface area contributed by atoms with Gasteiger partial charge in [0.05, 0.1) is 13.3 Å². The van der Waals surface area contributed by atoms with Gasteiger partial charge in [-0.1, -0.05) is 16.8 Å². The highest BCUT2D eigenvalue weighted by Gasteiger charge is 2.28. The Morgan fingerprint density at radius 2 is 1.91 bits per heavy atom. The second kappa shape index (κ2) is 10.4. The van der Waals surface area contributed by atoms with Gasteiger partial charge in [-0.15, -0.1) is 0 Å². The number of aromatic nitrogens is 3. The maximum absolute atomic E-state index is 13.3. The van der Waals surface area contributed by atoms with Crippen LogP contribution in [-0.4, -0.2) is 47.1 Å². The van der Waals surface area contributed by atoms with Gasteiger partial charge < -0.3 is 18.7 Å². The average molecular weight is 490 g/mol. The minimum absolute atomic E-state index is 0.248. The summed E-state index contributed by atoms with van der Waals surface area (Å²) in [5.74, 6) is 0.565. The van der Waals surface area contributed by atoms with Crippen molar-refractivity contribution in [3.8, 4) is 28.3 Å². The molecule has 0 fully saturated rings. The Morgan fingerprint density at radius 3 is 2.50 bits per heavy atom. The van der Waals surface area contributed by atoms with E-state index in [1.54, 1.807) is 45.9 Å². The zero-order valence-corrected chi connectivity index (χ0v) is 20.8. The number of hydrogen-bond acceptors (Lipinski definition) is 8. The number of benzene rings is 1. The van der Waals surface area contributed by atoms with Gasteiger partial charge in [0.25, 0.3) is 11.4 Å². The summed E-state index contributed by atoms with van der Waals surface area (Å²) >= 11 is 6.27. The molecule has 3 rings (SSSR count). The molecule has 0 saturated heterocycles. The predicted octanol–water partition coefficient (Wildman–Crippen LogP) is 4.46. The Morgan fingerprint density at radius 1 is 1.18 bits per heavy atom. The van der Waals surface area contributed by atoms with Crippen LogP contribution >= 0.6 is 11.6 Å². The van der Waals surface area contributed by atoms with Gasteiger partial charge in [0.1, 0.15) is 17.4 Å². The fourth-order valence-electron chi connectivity index (χ4n) is 3.45. The van der Waals surface area contributed by atoms with Gasteiger partial charge in [-0.25, -0.2) is 4.79 Å². The number of hydrogen-bond donors (Lipinski definition) is 0. The van der Waals surface area contributed by atoms with E-state index in [0.717, 1.165) is 0 Å². The first-order chi connectivity index (χ1) is 16.0. The number of ether oxygens (including phenoxy) is 3. The van der Waals surface area contributed by atoms with E-state index >= 15 is 0 Å². The SMILES string of the molecule is COCCC(C(=O)OC(C)(C)C)n1cc(OC)c(-c2cc(Cl)ccc2-c2nc(C)no2)cc1=O. The van der Waals surface area contributed by atoms with Crippen LogP contribution in [0.1, 0.15) is 39.1 Å². The molecule has 1 atom stereocenters. The molecule has 0 saturated carbocycles. The van der Waals surface area contributed by atoms with E-state index in [0.29, 0.717) is 33.3 Å². The van der Waals surface area contributed by atoms with E-state index in [9.17, 15) is 9.59 Å². The number of aryl methyl sites for hydroxylation is 1. The normalized spacial score (nSPS) is 12.4. The van der Waals surface area contributed by atoms with Crippen molar-refractivity contribution in [2.45, 2.75) is 45.8 Å². The largest absolute Gasteiger partial charge is 0.495 e. The molecule has 0 radical (unpaired) electrons. The summed E-state index contributed by atoms with van der Waals surface area (Å²) in [7, 11) is 3.00. The molecular weight excluding hydrogens is 462 g/mol. The monoisotopic (exact) mass is 489 g/mol. The molecular formula is C24H28ClN3O6. The van der Waals surface area contributed by atoms with Gasteiger partial charge in [0.15, 0.2) is 5.82 Å². The number of carbonyl (C=O) groups excluding carboxylic acids is 1. The van der Waals surface area contributed by atoms with Crippen LogP contribution in [0, 0.1) is 6.92 Å². The van der Waals surface area contributed by atoms with Crippen molar-refractivity contribution < 1.29 is 23.5 Å². The first kappa shape index (κ1) is 25.5. The molecule has 0 bridgehead atoms. The molecule has 10 heteroatoms. The Balaban J connectivity index is 2.15. The molecule has 0 aliphatic carbocycles. The third-order valence-corrected chi connectivity index (χ3v) is 5.14. The topological polar surface area (TPSA) is 106 Å². The van der Waals surface area contributed by atoms with E-state index in [1.165, 1.54) is 31.0 Å². The summed E-state index contributed by atoms with van der Waals surface area (Å²) in [5, 5.41) is 4.30. The Kier molecular flexibility index (Phi) is 7.78. The molecule has 0 spiro atoms. The fraction of sp³-hybridized carbons (Fsp3) is 0.417. The van der Waals surface area contributed by atoms with E-state index in [2.05, 4.69) is 10.1 Å². The summed E-state index contributed by atoms with van der Waals surface area (Å²) in [6.45, 7) is 7.27. The number of pyridine rings is 1. The molecule has 34 heavy (non-hydrogen) atoms. The Labute approximate surface area is 202 Å². The zero-order valence-electron chi connectivity index (χ0n) is 20.0. The van der Waals surface area contributed by atoms with E-state index in [4.69, 9.17) is 30.3 Å². The van der Waals surface area contributed by atoms with Crippen LogP contribution in [0.3, 0.4) is 0 Å². The first-order valence-corrected chi connectivity index (χ1v) is 11.0. The quantitative estimate of drug-likeness (QED) is 0.427. The number of esters is 1. The zero-order chi connectivity index (χ0) is 25.0. The summed E-state index contributed by atoms with van der Waals surface area (Å²) in [6, 6.07) is 5.61. The third kappa shape index (κ3) is 5.84. The van der Waals surface area contributed by atoms with Crippen LogP contribution in [0.15, 0.2) is 39.8 Å². The lowest BCUT2D eigenvalue weighted by Gasteiger charge is -2.25. The standard InChI is InChI=1S/C24H28ClN3O6/c1-14-26-22(34-27-14)16-8-7-15(25)11-17(16)18-12-21(29)28(13-20(18)32-6)19(9-10-31-5)23(30)33-24(2,3)4/h7-8,11-13,19H,9-10H2,1-6H3. The third-order valence-electron chi connectivity index (χ3n) is 4.90. The summed E-state index contributed by atoms with van der Waals surface area (Å²) in [5.41, 5.74) is 0.488. The Bertz CT molecular complexity index is 1230. The summed E-state index contributed by atoms with van der Waals surface area (Å²) < 4.78 is 23.0. The van der Waals surface area contributed by atoms with E-state index in [1.807, 2.05) is 0 Å². The molecule has 0 aliphatic heterocycles. The van der Waals surface area contributed by atoms with Gasteiger partial charge in [0, 0.05) is 42.4 Å². The van der Waals surface area contributed by atoms with Crippen LogP contribution in [0.4, 0.5) is 0 Å². The average Bonchev–Trinajstić information content (AvgIpc) is 3.19. The molecule has 0 amide bonds. The molecule has 9 nitrogen and oxygen atoms in total. The maximum Gasteiger partial charge on any atom is 0.329 e. The fourth-order valence-corrected chi connectivity index (χ4v) is 3.62. The lowest BCUT2D eigenvalue weighted by molar-refractivity contribution is -0.159. The maximum atomic E-state index is 13.3.